The van der Waals surface area contributed by atoms with Crippen molar-refractivity contribution in [3.8, 4) is 0 Å². The number of carbonyl (C=O) groups is 1. The predicted octanol–water partition coefficient (Wildman–Crippen LogP) is 4.25. The summed E-state index contributed by atoms with van der Waals surface area (Å²) >= 11 is 3.05. The topological polar surface area (TPSA) is 45.2 Å². The lowest BCUT2D eigenvalue weighted by molar-refractivity contribution is -0.115. The third-order valence-electron chi connectivity index (χ3n) is 3.91. The monoisotopic (exact) mass is 347 g/mol. The van der Waals surface area contributed by atoms with Gasteiger partial charge in [0.2, 0.25) is 5.91 Å². The van der Waals surface area contributed by atoms with Crippen molar-refractivity contribution in [3.63, 3.8) is 0 Å². The maximum Gasteiger partial charge on any atom is 0.237 e. The normalized spacial score (nSPS) is 16.1. The van der Waals surface area contributed by atoms with E-state index in [-0.39, 0.29) is 11.2 Å². The van der Waals surface area contributed by atoms with Crippen molar-refractivity contribution in [1.29, 1.82) is 0 Å². The highest BCUT2D eigenvalue weighted by Gasteiger charge is 2.16. The minimum atomic E-state index is -0.164. The molecule has 1 aliphatic rings. The fraction of sp³-hybridized carbons (Fsp3) is 0.412. The van der Waals surface area contributed by atoms with E-state index in [4.69, 9.17) is 0 Å². The van der Waals surface area contributed by atoms with Crippen LogP contribution in [-0.2, 0) is 4.79 Å². The molecule has 3 rings (SSSR count). The van der Waals surface area contributed by atoms with E-state index >= 15 is 0 Å². The molecule has 0 radical (unpaired) electrons. The van der Waals surface area contributed by atoms with E-state index in [9.17, 15) is 4.79 Å². The number of nitrogens with zero attached hydrogens (tertiary/aromatic N) is 2. The zero-order valence-corrected chi connectivity index (χ0v) is 14.8. The van der Waals surface area contributed by atoms with Crippen LogP contribution in [0.2, 0.25) is 0 Å². The summed E-state index contributed by atoms with van der Waals surface area (Å²) in [7, 11) is 0. The molecule has 1 amide bonds. The molecule has 1 aliphatic heterocycles. The maximum atomic E-state index is 12.3. The molecule has 6 heteroatoms. The third-order valence-corrected chi connectivity index (χ3v) is 5.93. The number of rotatable bonds is 5. The van der Waals surface area contributed by atoms with Crippen LogP contribution in [0, 0.1) is 0 Å². The number of aromatic nitrogens is 1. The van der Waals surface area contributed by atoms with E-state index < -0.39 is 0 Å². The number of anilines is 2. The first-order chi connectivity index (χ1) is 11.2. The summed E-state index contributed by atoms with van der Waals surface area (Å²) < 4.78 is 0.924. The Morgan fingerprint density at radius 3 is 2.65 bits per heavy atom. The Labute approximate surface area is 145 Å². The minimum absolute atomic E-state index is 0.0101. The number of piperidine rings is 1. The summed E-state index contributed by atoms with van der Waals surface area (Å²) in [5.41, 5.74) is 2.09. The van der Waals surface area contributed by atoms with Gasteiger partial charge in [-0.2, -0.15) is 0 Å². The Kier molecular flexibility index (Phi) is 5.56. The molecule has 0 spiro atoms. The Bertz CT molecular complexity index is 622. The molecule has 2 heterocycles. The number of hydrogen-bond acceptors (Lipinski definition) is 5. The standard InChI is InChI=1S/C17H21N3OS2/c1-13(23-17-18-9-12-22-17)16(21)19-14-5-7-15(8-6-14)20-10-3-2-4-11-20/h5-9,12-13H,2-4,10-11H2,1H3,(H,19,21). The van der Waals surface area contributed by atoms with E-state index in [0.29, 0.717) is 0 Å². The van der Waals surface area contributed by atoms with Crippen LogP contribution in [0.4, 0.5) is 11.4 Å². The number of thiazole rings is 1. The molecule has 1 aromatic heterocycles. The number of benzene rings is 1. The van der Waals surface area contributed by atoms with Crippen molar-refractivity contribution >= 4 is 40.4 Å². The van der Waals surface area contributed by atoms with Gasteiger partial charge in [-0.3, -0.25) is 4.79 Å². The maximum absolute atomic E-state index is 12.3. The first kappa shape index (κ1) is 16.3. The van der Waals surface area contributed by atoms with Gasteiger partial charge in [0.1, 0.15) is 0 Å². The molecule has 4 nitrogen and oxygen atoms in total. The molecule has 23 heavy (non-hydrogen) atoms. The lowest BCUT2D eigenvalue weighted by Crippen LogP contribution is -2.29. The van der Waals surface area contributed by atoms with Gasteiger partial charge in [0.15, 0.2) is 4.34 Å². The van der Waals surface area contributed by atoms with Crippen LogP contribution in [0.5, 0.6) is 0 Å². The van der Waals surface area contributed by atoms with Crippen molar-refractivity contribution in [2.75, 3.05) is 23.3 Å². The lowest BCUT2D eigenvalue weighted by Gasteiger charge is -2.28. The average Bonchev–Trinajstić information content (AvgIpc) is 3.09. The lowest BCUT2D eigenvalue weighted by atomic mass is 10.1. The summed E-state index contributed by atoms with van der Waals surface area (Å²) in [5, 5.41) is 4.74. The van der Waals surface area contributed by atoms with Crippen LogP contribution < -0.4 is 10.2 Å². The van der Waals surface area contributed by atoms with Gasteiger partial charge in [-0.15, -0.1) is 11.3 Å². The quantitative estimate of drug-likeness (QED) is 0.821. The second-order valence-electron chi connectivity index (χ2n) is 5.64. The molecular weight excluding hydrogens is 326 g/mol. The molecule has 1 N–H and O–H groups in total. The molecule has 1 fully saturated rings. The number of nitrogens with one attached hydrogen (secondary N) is 1. The van der Waals surface area contributed by atoms with Gasteiger partial charge in [-0.1, -0.05) is 11.8 Å². The Balaban J connectivity index is 1.55. The minimum Gasteiger partial charge on any atom is -0.372 e. The van der Waals surface area contributed by atoms with Gasteiger partial charge in [0, 0.05) is 36.0 Å². The van der Waals surface area contributed by atoms with Crippen LogP contribution in [0.15, 0.2) is 40.2 Å². The van der Waals surface area contributed by atoms with Gasteiger partial charge in [0.25, 0.3) is 0 Å². The summed E-state index contributed by atoms with van der Waals surface area (Å²) in [4.78, 5) is 18.9. The Morgan fingerprint density at radius 1 is 1.26 bits per heavy atom. The molecule has 0 aliphatic carbocycles. The van der Waals surface area contributed by atoms with E-state index in [1.807, 2.05) is 24.4 Å². The summed E-state index contributed by atoms with van der Waals surface area (Å²) in [6.45, 7) is 4.17. The van der Waals surface area contributed by atoms with Gasteiger partial charge in [-0.05, 0) is 50.5 Å². The number of thioether (sulfide) groups is 1. The van der Waals surface area contributed by atoms with E-state index in [1.54, 1.807) is 17.5 Å². The van der Waals surface area contributed by atoms with Gasteiger partial charge in [0.05, 0.1) is 5.25 Å². The zero-order valence-electron chi connectivity index (χ0n) is 13.2. The molecular formula is C17H21N3OS2. The van der Waals surface area contributed by atoms with Crippen molar-refractivity contribution in [2.45, 2.75) is 35.8 Å². The SMILES string of the molecule is CC(Sc1nccs1)C(=O)Nc1ccc(N2CCCCC2)cc1. The van der Waals surface area contributed by atoms with Gasteiger partial charge < -0.3 is 10.2 Å². The Hall–Kier alpha value is -1.53. The van der Waals surface area contributed by atoms with Crippen LogP contribution in [0.1, 0.15) is 26.2 Å². The van der Waals surface area contributed by atoms with E-state index in [2.05, 4.69) is 27.3 Å². The van der Waals surface area contributed by atoms with Crippen LogP contribution in [0.3, 0.4) is 0 Å². The molecule has 1 aromatic carbocycles. The summed E-state index contributed by atoms with van der Waals surface area (Å²) in [6.07, 6.45) is 5.63. The Morgan fingerprint density at radius 2 is 2.00 bits per heavy atom. The highest BCUT2D eigenvalue weighted by atomic mass is 32.2. The highest BCUT2D eigenvalue weighted by Crippen LogP contribution is 2.26. The second kappa shape index (κ2) is 7.84. The van der Waals surface area contributed by atoms with Crippen molar-refractivity contribution in [2.24, 2.45) is 0 Å². The second-order valence-corrected chi connectivity index (χ2v) is 8.12. The first-order valence-electron chi connectivity index (χ1n) is 7.94. The molecule has 122 valence electrons. The van der Waals surface area contributed by atoms with Crippen molar-refractivity contribution < 1.29 is 4.79 Å². The molecule has 2 aromatic rings. The predicted molar refractivity (Wildman–Crippen MR) is 98.6 cm³/mol. The molecule has 0 bridgehead atoms. The van der Waals surface area contributed by atoms with Crippen molar-refractivity contribution in [1.82, 2.24) is 4.98 Å². The molecule has 0 saturated carbocycles. The third kappa shape index (κ3) is 4.48. The molecule has 1 atom stereocenters. The van der Waals surface area contributed by atoms with Gasteiger partial charge in [-0.25, -0.2) is 4.98 Å². The average molecular weight is 348 g/mol. The molecule has 1 saturated heterocycles. The molecule has 1 unspecified atom stereocenters. The number of hydrogen-bond donors (Lipinski definition) is 1. The van der Waals surface area contributed by atoms with Crippen LogP contribution >= 0.6 is 23.1 Å². The summed E-state index contributed by atoms with van der Waals surface area (Å²) in [6, 6.07) is 8.17. The summed E-state index contributed by atoms with van der Waals surface area (Å²) in [5.74, 6) is 0.0101. The largest absolute Gasteiger partial charge is 0.372 e. The zero-order chi connectivity index (χ0) is 16.1. The number of amides is 1. The number of carbonyl (C=O) groups excluding carboxylic acids is 1. The highest BCUT2D eigenvalue weighted by molar-refractivity contribution is 8.02. The fourth-order valence-corrected chi connectivity index (χ4v) is 4.40. The van der Waals surface area contributed by atoms with E-state index in [1.165, 1.54) is 36.7 Å². The fourth-order valence-electron chi connectivity index (χ4n) is 2.62. The van der Waals surface area contributed by atoms with Crippen molar-refractivity contribution in [3.05, 3.63) is 35.8 Å². The van der Waals surface area contributed by atoms with E-state index in [0.717, 1.165) is 23.1 Å². The first-order valence-corrected chi connectivity index (χ1v) is 9.70. The van der Waals surface area contributed by atoms with Crippen LogP contribution in [-0.4, -0.2) is 29.2 Å². The smallest absolute Gasteiger partial charge is 0.237 e. The van der Waals surface area contributed by atoms with Crippen LogP contribution in [0.25, 0.3) is 0 Å². The van der Waals surface area contributed by atoms with Gasteiger partial charge >= 0.3 is 0 Å².